The molecule has 0 aliphatic carbocycles. The highest BCUT2D eigenvalue weighted by Gasteiger charge is 2.24. The van der Waals surface area contributed by atoms with Gasteiger partial charge >= 0.3 is 0 Å². The molecule has 0 aliphatic rings. The van der Waals surface area contributed by atoms with E-state index in [1.807, 2.05) is 23.5 Å². The third kappa shape index (κ3) is 3.01. The van der Waals surface area contributed by atoms with Crippen LogP contribution in [0, 0.1) is 0 Å². The summed E-state index contributed by atoms with van der Waals surface area (Å²) >= 11 is 1.97. The van der Waals surface area contributed by atoms with Crippen LogP contribution in [0.15, 0.2) is 24.3 Å². The number of hydrogen-bond donors (Lipinski definition) is 1. The van der Waals surface area contributed by atoms with Crippen LogP contribution < -0.4 is 5.32 Å². The molecule has 1 heterocycles. The van der Waals surface area contributed by atoms with Crippen LogP contribution in [0.1, 0.15) is 32.4 Å². The van der Waals surface area contributed by atoms with Crippen LogP contribution in [0.3, 0.4) is 0 Å². The number of aryl methyl sites for hydroxylation is 1. The maximum Gasteiger partial charge on any atom is 0.0841 e. The van der Waals surface area contributed by atoms with Gasteiger partial charge in [-0.15, -0.1) is 0 Å². The summed E-state index contributed by atoms with van der Waals surface area (Å²) in [6.45, 7) is 6.42. The Morgan fingerprint density at radius 3 is 2.60 bits per heavy atom. The monoisotopic (exact) mass is 291 g/mol. The van der Waals surface area contributed by atoms with Gasteiger partial charge < -0.3 is 5.32 Å². The van der Waals surface area contributed by atoms with Crippen molar-refractivity contribution in [3.8, 4) is 0 Å². The van der Waals surface area contributed by atoms with Crippen molar-refractivity contribution in [3.05, 3.63) is 30.0 Å². The van der Waals surface area contributed by atoms with Crippen molar-refractivity contribution in [1.82, 2.24) is 15.1 Å². The van der Waals surface area contributed by atoms with Crippen molar-refractivity contribution in [1.29, 1.82) is 0 Å². The molecule has 0 saturated heterocycles. The molecule has 20 heavy (non-hydrogen) atoms. The molecule has 0 aliphatic heterocycles. The molecular formula is C16H25N3S. The van der Waals surface area contributed by atoms with E-state index in [4.69, 9.17) is 0 Å². The number of nitrogens with zero attached hydrogens (tertiary/aromatic N) is 2. The maximum atomic E-state index is 4.63. The summed E-state index contributed by atoms with van der Waals surface area (Å²) in [5.41, 5.74) is 2.34. The summed E-state index contributed by atoms with van der Waals surface area (Å²) < 4.78 is 2.32. The Balaban J connectivity index is 2.06. The van der Waals surface area contributed by atoms with E-state index in [0.29, 0.717) is 4.75 Å². The predicted octanol–water partition coefficient (Wildman–Crippen LogP) is 3.58. The zero-order chi connectivity index (χ0) is 14.6. The molecule has 0 bridgehead atoms. The molecule has 2 aromatic rings. The number of fused-ring (bicyclic) bond motifs is 1. The van der Waals surface area contributed by atoms with Gasteiger partial charge in [0.15, 0.2) is 0 Å². The van der Waals surface area contributed by atoms with Gasteiger partial charge in [-0.2, -0.15) is 16.9 Å². The first-order valence-corrected chi connectivity index (χ1v) is 8.54. The fourth-order valence-electron chi connectivity index (χ4n) is 2.69. The topological polar surface area (TPSA) is 29.9 Å². The molecule has 0 radical (unpaired) electrons. The summed E-state index contributed by atoms with van der Waals surface area (Å²) in [4.78, 5) is 0. The third-order valence-electron chi connectivity index (χ3n) is 4.30. The summed E-state index contributed by atoms with van der Waals surface area (Å²) in [6, 6.07) is 8.42. The lowest BCUT2D eigenvalue weighted by Crippen LogP contribution is -2.36. The summed E-state index contributed by atoms with van der Waals surface area (Å²) in [7, 11) is 2.01. The highest BCUT2D eigenvalue weighted by Crippen LogP contribution is 2.29. The van der Waals surface area contributed by atoms with Gasteiger partial charge in [0.05, 0.1) is 11.2 Å². The first-order chi connectivity index (χ1) is 9.65. The van der Waals surface area contributed by atoms with Gasteiger partial charge in [-0.1, -0.05) is 32.0 Å². The molecule has 0 saturated carbocycles. The number of nitrogens with one attached hydrogen (secondary N) is 1. The smallest absolute Gasteiger partial charge is 0.0841 e. The fourth-order valence-corrected chi connectivity index (χ4v) is 3.51. The van der Waals surface area contributed by atoms with Gasteiger partial charge in [0.2, 0.25) is 0 Å². The van der Waals surface area contributed by atoms with Gasteiger partial charge in [-0.3, -0.25) is 4.68 Å². The van der Waals surface area contributed by atoms with E-state index in [0.717, 1.165) is 18.8 Å². The summed E-state index contributed by atoms with van der Waals surface area (Å²) in [5, 5.41) is 9.49. The molecular weight excluding hydrogens is 266 g/mol. The number of aromatic nitrogens is 2. The average Bonchev–Trinajstić information content (AvgIpc) is 2.81. The van der Waals surface area contributed by atoms with E-state index in [9.17, 15) is 0 Å². The molecule has 110 valence electrons. The predicted molar refractivity (Wildman–Crippen MR) is 89.2 cm³/mol. The lowest BCUT2D eigenvalue weighted by atomic mass is 10.0. The molecule has 1 aromatic carbocycles. The third-order valence-corrected chi connectivity index (χ3v) is 5.88. The van der Waals surface area contributed by atoms with Gasteiger partial charge in [0.25, 0.3) is 0 Å². The van der Waals surface area contributed by atoms with Crippen LogP contribution in [-0.4, -0.2) is 27.3 Å². The Morgan fingerprint density at radius 2 is 1.95 bits per heavy atom. The number of thioether (sulfide) groups is 1. The van der Waals surface area contributed by atoms with Gasteiger partial charge in [-0.05, 0) is 25.2 Å². The lowest BCUT2D eigenvalue weighted by Gasteiger charge is -2.29. The molecule has 0 unspecified atom stereocenters. The molecule has 0 spiro atoms. The average molecular weight is 291 g/mol. The Kier molecular flexibility index (Phi) is 5.11. The zero-order valence-corrected chi connectivity index (χ0v) is 13.8. The highest BCUT2D eigenvalue weighted by molar-refractivity contribution is 8.00. The zero-order valence-electron chi connectivity index (χ0n) is 12.9. The minimum Gasteiger partial charge on any atom is -0.310 e. The van der Waals surface area contributed by atoms with Crippen molar-refractivity contribution in [2.75, 3.05) is 12.8 Å². The minimum absolute atomic E-state index is 0.352. The van der Waals surface area contributed by atoms with Crippen LogP contribution in [-0.2, 0) is 13.6 Å². The van der Waals surface area contributed by atoms with E-state index in [2.05, 4.69) is 54.8 Å². The molecule has 0 amide bonds. The van der Waals surface area contributed by atoms with Crippen molar-refractivity contribution in [3.63, 3.8) is 0 Å². The number of hydrogen-bond acceptors (Lipinski definition) is 3. The van der Waals surface area contributed by atoms with Crippen LogP contribution in [0.5, 0.6) is 0 Å². The first kappa shape index (κ1) is 15.4. The second-order valence-electron chi connectivity index (χ2n) is 5.29. The quantitative estimate of drug-likeness (QED) is 0.845. The Labute approximate surface area is 126 Å². The normalized spacial score (nSPS) is 12.2. The molecule has 1 N–H and O–H groups in total. The van der Waals surface area contributed by atoms with E-state index in [1.54, 1.807) is 0 Å². The molecule has 2 rings (SSSR count). The van der Waals surface area contributed by atoms with Crippen LogP contribution in [0.4, 0.5) is 0 Å². The van der Waals surface area contributed by atoms with Gasteiger partial charge in [-0.25, -0.2) is 0 Å². The molecule has 0 fully saturated rings. The second kappa shape index (κ2) is 6.64. The molecule has 3 nitrogen and oxygen atoms in total. The lowest BCUT2D eigenvalue weighted by molar-refractivity contribution is 0.492. The number of para-hydroxylation sites is 1. The Hall–Kier alpha value is -1.00. The first-order valence-electron chi connectivity index (χ1n) is 7.32. The Bertz CT molecular complexity index is 550. The van der Waals surface area contributed by atoms with E-state index >= 15 is 0 Å². The second-order valence-corrected chi connectivity index (χ2v) is 6.56. The van der Waals surface area contributed by atoms with Crippen molar-refractivity contribution in [2.24, 2.45) is 7.05 Å². The van der Waals surface area contributed by atoms with Crippen LogP contribution in [0.25, 0.3) is 10.9 Å². The molecule has 0 atom stereocenters. The minimum atomic E-state index is 0.352. The van der Waals surface area contributed by atoms with Crippen LogP contribution >= 0.6 is 11.8 Å². The largest absolute Gasteiger partial charge is 0.310 e. The van der Waals surface area contributed by atoms with Crippen molar-refractivity contribution < 1.29 is 0 Å². The van der Waals surface area contributed by atoms with Crippen LogP contribution in [0.2, 0.25) is 0 Å². The fraction of sp³-hybridized carbons (Fsp3) is 0.562. The molecule has 1 aromatic heterocycles. The van der Waals surface area contributed by atoms with E-state index in [-0.39, 0.29) is 0 Å². The summed E-state index contributed by atoms with van der Waals surface area (Å²) in [6.07, 6.45) is 4.60. The molecule has 4 heteroatoms. The van der Waals surface area contributed by atoms with E-state index in [1.165, 1.54) is 23.7 Å². The standard InChI is InChI=1S/C16H25N3S/c1-5-16(6-2,20-4)12-17-11-14-13-9-7-8-10-15(13)19(3)18-14/h7-10,17H,5-6,11-12H2,1-4H3. The number of rotatable bonds is 7. The van der Waals surface area contributed by atoms with Gasteiger partial charge in [0.1, 0.15) is 0 Å². The SMILES string of the molecule is CCC(CC)(CNCc1nn(C)c2ccccc12)SC. The maximum absolute atomic E-state index is 4.63. The van der Waals surface area contributed by atoms with Gasteiger partial charge in [0, 0.05) is 30.3 Å². The Morgan fingerprint density at radius 1 is 1.25 bits per heavy atom. The number of benzene rings is 1. The summed E-state index contributed by atoms with van der Waals surface area (Å²) in [5.74, 6) is 0. The van der Waals surface area contributed by atoms with Crippen molar-refractivity contribution in [2.45, 2.75) is 38.0 Å². The highest BCUT2D eigenvalue weighted by atomic mass is 32.2. The van der Waals surface area contributed by atoms with Crippen molar-refractivity contribution >= 4 is 22.7 Å². The van der Waals surface area contributed by atoms with E-state index < -0.39 is 0 Å².